The van der Waals surface area contributed by atoms with Gasteiger partial charge in [-0.25, -0.2) is 9.37 Å². The van der Waals surface area contributed by atoms with Gasteiger partial charge in [-0.3, -0.25) is 0 Å². The summed E-state index contributed by atoms with van der Waals surface area (Å²) in [7, 11) is 3.41. The highest BCUT2D eigenvalue weighted by molar-refractivity contribution is 5.61. The molecule has 1 aromatic carbocycles. The van der Waals surface area contributed by atoms with Gasteiger partial charge in [0.15, 0.2) is 11.6 Å². The van der Waals surface area contributed by atoms with Gasteiger partial charge in [0, 0.05) is 31.0 Å². The highest BCUT2D eigenvalue weighted by atomic mass is 19.1. The first-order chi connectivity index (χ1) is 10.2. The number of methoxy groups -OCH3 is 1. The topological polar surface area (TPSA) is 37.4 Å². The third-order valence-electron chi connectivity index (χ3n) is 3.29. The fraction of sp³-hybridized carbons (Fsp3) is 0.312. The van der Waals surface area contributed by atoms with Crippen molar-refractivity contribution in [1.29, 1.82) is 0 Å². The van der Waals surface area contributed by atoms with E-state index in [-0.39, 0.29) is 5.82 Å². The van der Waals surface area contributed by atoms with Crippen molar-refractivity contribution in [1.82, 2.24) is 10.3 Å². The second-order valence-electron chi connectivity index (χ2n) is 4.65. The van der Waals surface area contributed by atoms with E-state index >= 15 is 0 Å². The summed E-state index contributed by atoms with van der Waals surface area (Å²) in [5.74, 6) is 0.786. The lowest BCUT2D eigenvalue weighted by molar-refractivity contribution is 0.415. The Morgan fingerprint density at radius 3 is 2.57 bits per heavy atom. The molecule has 1 aromatic heterocycles. The third kappa shape index (κ3) is 3.49. The number of hydrogen-bond acceptors (Lipinski definition) is 4. The lowest BCUT2D eigenvalue weighted by atomic mass is 10.2. The molecule has 4 nitrogen and oxygen atoms in total. The van der Waals surface area contributed by atoms with E-state index in [1.807, 2.05) is 31.2 Å². The van der Waals surface area contributed by atoms with Crippen LogP contribution in [0.4, 0.5) is 15.9 Å². The SMILES string of the molecule is CCNCc1ccnc(N(C)c2ccc(OC)cc2)c1F. The van der Waals surface area contributed by atoms with Crippen LogP contribution < -0.4 is 15.0 Å². The monoisotopic (exact) mass is 289 g/mol. The van der Waals surface area contributed by atoms with Crippen molar-refractivity contribution in [3.63, 3.8) is 0 Å². The van der Waals surface area contributed by atoms with Crippen LogP contribution in [0.3, 0.4) is 0 Å². The van der Waals surface area contributed by atoms with Gasteiger partial charge >= 0.3 is 0 Å². The summed E-state index contributed by atoms with van der Waals surface area (Å²) in [6.07, 6.45) is 1.63. The fourth-order valence-electron chi connectivity index (χ4n) is 2.03. The molecule has 0 aliphatic carbocycles. The number of anilines is 2. The van der Waals surface area contributed by atoms with Crippen molar-refractivity contribution in [3.8, 4) is 5.75 Å². The molecule has 0 saturated carbocycles. The van der Waals surface area contributed by atoms with Gasteiger partial charge in [-0.1, -0.05) is 6.92 Å². The summed E-state index contributed by atoms with van der Waals surface area (Å²) in [4.78, 5) is 5.88. The van der Waals surface area contributed by atoms with Crippen LogP contribution in [-0.4, -0.2) is 25.7 Å². The molecule has 0 bridgehead atoms. The number of nitrogens with one attached hydrogen (secondary N) is 1. The molecule has 2 rings (SSSR count). The highest BCUT2D eigenvalue weighted by Gasteiger charge is 2.14. The second kappa shape index (κ2) is 7.04. The van der Waals surface area contributed by atoms with Gasteiger partial charge in [-0.2, -0.15) is 0 Å². The molecule has 112 valence electrons. The molecule has 2 aromatic rings. The average molecular weight is 289 g/mol. The minimum atomic E-state index is -0.295. The molecule has 0 amide bonds. The largest absolute Gasteiger partial charge is 0.497 e. The molecule has 0 spiro atoms. The molecule has 0 saturated heterocycles. The van der Waals surface area contributed by atoms with Crippen molar-refractivity contribution in [2.24, 2.45) is 0 Å². The maximum Gasteiger partial charge on any atom is 0.170 e. The minimum absolute atomic E-state index is 0.295. The Bertz CT molecular complexity index is 587. The van der Waals surface area contributed by atoms with E-state index in [1.165, 1.54) is 0 Å². The van der Waals surface area contributed by atoms with Crippen molar-refractivity contribution < 1.29 is 9.13 Å². The zero-order valence-electron chi connectivity index (χ0n) is 12.6. The van der Waals surface area contributed by atoms with Crippen LogP contribution in [0.15, 0.2) is 36.5 Å². The number of pyridine rings is 1. The Kier molecular flexibility index (Phi) is 5.11. The van der Waals surface area contributed by atoms with Gasteiger partial charge in [0.05, 0.1) is 7.11 Å². The van der Waals surface area contributed by atoms with Crippen molar-refractivity contribution in [3.05, 3.63) is 47.9 Å². The van der Waals surface area contributed by atoms with Crippen molar-refractivity contribution in [2.75, 3.05) is 25.6 Å². The van der Waals surface area contributed by atoms with E-state index < -0.39 is 0 Å². The summed E-state index contributed by atoms with van der Waals surface area (Å²) < 4.78 is 19.6. The first kappa shape index (κ1) is 15.3. The Labute approximate surface area is 124 Å². The Morgan fingerprint density at radius 2 is 1.95 bits per heavy atom. The van der Waals surface area contributed by atoms with E-state index in [2.05, 4.69) is 10.3 Å². The smallest absolute Gasteiger partial charge is 0.170 e. The first-order valence-corrected chi connectivity index (χ1v) is 6.89. The minimum Gasteiger partial charge on any atom is -0.497 e. The third-order valence-corrected chi connectivity index (χ3v) is 3.29. The molecule has 0 unspecified atom stereocenters. The maximum absolute atomic E-state index is 14.5. The van der Waals surface area contributed by atoms with Gasteiger partial charge in [-0.15, -0.1) is 0 Å². The molecule has 1 N–H and O–H groups in total. The molecule has 0 radical (unpaired) electrons. The number of hydrogen-bond donors (Lipinski definition) is 1. The molecule has 0 aliphatic rings. The second-order valence-corrected chi connectivity index (χ2v) is 4.65. The van der Waals surface area contributed by atoms with E-state index in [1.54, 1.807) is 31.3 Å². The van der Waals surface area contributed by atoms with Crippen LogP contribution >= 0.6 is 0 Å². The van der Waals surface area contributed by atoms with E-state index in [0.717, 1.165) is 18.0 Å². The van der Waals surface area contributed by atoms with Crippen LogP contribution in [0.2, 0.25) is 0 Å². The van der Waals surface area contributed by atoms with Crippen LogP contribution in [0.5, 0.6) is 5.75 Å². The lowest BCUT2D eigenvalue weighted by Crippen LogP contribution is -2.17. The van der Waals surface area contributed by atoms with Crippen LogP contribution in [-0.2, 0) is 6.54 Å². The van der Waals surface area contributed by atoms with E-state index in [9.17, 15) is 4.39 Å². The molecule has 0 aliphatic heterocycles. The standard InChI is InChI=1S/C16H20FN3O/c1-4-18-11-12-9-10-19-16(15(12)17)20(2)13-5-7-14(21-3)8-6-13/h5-10,18H,4,11H2,1-3H3. The lowest BCUT2D eigenvalue weighted by Gasteiger charge is -2.20. The highest BCUT2D eigenvalue weighted by Crippen LogP contribution is 2.27. The normalized spacial score (nSPS) is 10.5. The van der Waals surface area contributed by atoms with Crippen molar-refractivity contribution in [2.45, 2.75) is 13.5 Å². The van der Waals surface area contributed by atoms with E-state index in [4.69, 9.17) is 4.74 Å². The summed E-state index contributed by atoms with van der Waals surface area (Å²) >= 11 is 0. The number of aromatic nitrogens is 1. The van der Waals surface area contributed by atoms with Gasteiger partial charge in [-0.05, 0) is 36.9 Å². The molecule has 0 atom stereocenters. The number of ether oxygens (including phenoxy) is 1. The maximum atomic E-state index is 14.5. The van der Waals surface area contributed by atoms with Crippen LogP contribution in [0, 0.1) is 5.82 Å². The van der Waals surface area contributed by atoms with Crippen LogP contribution in [0.1, 0.15) is 12.5 Å². The fourth-order valence-corrected chi connectivity index (χ4v) is 2.03. The van der Waals surface area contributed by atoms with Gasteiger partial charge in [0.2, 0.25) is 0 Å². The Morgan fingerprint density at radius 1 is 1.24 bits per heavy atom. The molecule has 21 heavy (non-hydrogen) atoms. The van der Waals surface area contributed by atoms with Gasteiger partial charge < -0.3 is 15.0 Å². The van der Waals surface area contributed by atoms with Crippen LogP contribution in [0.25, 0.3) is 0 Å². The van der Waals surface area contributed by atoms with Crippen molar-refractivity contribution >= 4 is 11.5 Å². The predicted molar refractivity (Wildman–Crippen MR) is 82.6 cm³/mol. The zero-order chi connectivity index (χ0) is 15.2. The number of benzene rings is 1. The number of rotatable bonds is 6. The molecular formula is C16H20FN3O. The summed E-state index contributed by atoms with van der Waals surface area (Å²) in [6.45, 7) is 3.28. The van der Waals surface area contributed by atoms with E-state index in [0.29, 0.717) is 17.9 Å². The Hall–Kier alpha value is -2.14. The Balaban J connectivity index is 2.27. The summed E-state index contributed by atoms with van der Waals surface area (Å²) in [6, 6.07) is 9.12. The zero-order valence-corrected chi connectivity index (χ0v) is 12.6. The van der Waals surface area contributed by atoms with Gasteiger partial charge in [0.1, 0.15) is 5.75 Å². The molecule has 0 fully saturated rings. The van der Waals surface area contributed by atoms with Gasteiger partial charge in [0.25, 0.3) is 0 Å². The number of halogens is 1. The molecule has 1 heterocycles. The number of nitrogens with zero attached hydrogens (tertiary/aromatic N) is 2. The summed E-state index contributed by atoms with van der Waals surface area (Å²) in [5.41, 5.74) is 1.46. The quantitative estimate of drug-likeness (QED) is 0.886. The first-order valence-electron chi connectivity index (χ1n) is 6.89. The summed E-state index contributed by atoms with van der Waals surface area (Å²) in [5, 5.41) is 3.12. The molecule has 5 heteroatoms. The molecular weight excluding hydrogens is 269 g/mol. The average Bonchev–Trinajstić information content (AvgIpc) is 2.53. The predicted octanol–water partition coefficient (Wildman–Crippen LogP) is 3.11.